The van der Waals surface area contributed by atoms with Gasteiger partial charge in [-0.3, -0.25) is 4.79 Å². The Kier molecular flexibility index (Phi) is 3.69. The molecule has 15 heavy (non-hydrogen) atoms. The number of halogens is 1. The van der Waals surface area contributed by atoms with Crippen LogP contribution in [0.15, 0.2) is 43.6 Å². The predicted molar refractivity (Wildman–Crippen MR) is 74.4 cm³/mol. The molecule has 0 spiro atoms. The van der Waals surface area contributed by atoms with E-state index in [1.807, 2.05) is 11.5 Å². The number of hydrogen-bond donors (Lipinski definition) is 0. The fraction of sp³-hybridized carbons (Fsp3) is 0.100. The van der Waals surface area contributed by atoms with E-state index in [4.69, 9.17) is 4.74 Å². The van der Waals surface area contributed by atoms with Gasteiger partial charge < -0.3 is 4.74 Å². The van der Waals surface area contributed by atoms with E-state index in [0.29, 0.717) is 6.42 Å². The lowest BCUT2D eigenvalue weighted by molar-refractivity contribution is -0.108. The zero-order valence-electron chi connectivity index (χ0n) is 7.70. The van der Waals surface area contributed by atoms with Crippen molar-refractivity contribution in [2.75, 3.05) is 0 Å². The minimum atomic E-state index is 0.0227. The van der Waals surface area contributed by atoms with Crippen molar-refractivity contribution in [2.24, 2.45) is 0 Å². The van der Waals surface area contributed by atoms with Gasteiger partial charge in [0.15, 0.2) is 5.52 Å². The van der Waals surface area contributed by atoms with Crippen LogP contribution in [0.3, 0.4) is 0 Å². The van der Waals surface area contributed by atoms with Crippen molar-refractivity contribution in [1.82, 2.24) is 0 Å². The third-order valence-corrected chi connectivity index (χ3v) is 3.84. The minimum absolute atomic E-state index is 0.0227. The second-order valence-electron chi connectivity index (χ2n) is 3.04. The Hall–Kier alpha value is -0.0600. The van der Waals surface area contributed by atoms with E-state index in [2.05, 4.69) is 37.9 Å². The van der Waals surface area contributed by atoms with Crippen molar-refractivity contribution >= 4 is 49.1 Å². The average molecular weight is 350 g/mol. The number of ether oxygens (including phenoxy) is 1. The molecule has 0 fully saturated rings. The standard InChI is InChI=1S/C10H8IO2PS/c11-7-3-6(10(12)14)4-8-9(5-7)15-2-1-13-8/h1-2,4-5H,3,14H2. The van der Waals surface area contributed by atoms with Crippen LogP contribution in [0, 0.1) is 0 Å². The zero-order chi connectivity index (χ0) is 10.8. The molecule has 0 saturated carbocycles. The van der Waals surface area contributed by atoms with Gasteiger partial charge in [-0.2, -0.15) is 0 Å². The number of hydrogen-bond acceptors (Lipinski definition) is 3. The van der Waals surface area contributed by atoms with Crippen molar-refractivity contribution in [3.63, 3.8) is 0 Å². The summed E-state index contributed by atoms with van der Waals surface area (Å²) in [5, 5.41) is 1.89. The summed E-state index contributed by atoms with van der Waals surface area (Å²) >= 11 is 3.86. The molecule has 0 amide bonds. The Morgan fingerprint density at radius 3 is 3.07 bits per heavy atom. The third kappa shape index (κ3) is 2.74. The number of carbonyl (C=O) groups excluding carboxylic acids is 1. The minimum Gasteiger partial charge on any atom is -0.463 e. The number of thioether (sulfide) groups is 1. The van der Waals surface area contributed by atoms with Gasteiger partial charge in [0.25, 0.3) is 0 Å². The highest BCUT2D eigenvalue weighted by Crippen LogP contribution is 2.36. The SMILES string of the molecule is O=C(P)C1=CC2=C(C=C(I)C1)SC=CO2. The molecule has 78 valence electrons. The molecule has 0 bridgehead atoms. The van der Waals surface area contributed by atoms with Gasteiger partial charge >= 0.3 is 0 Å². The molecular formula is C10H8IO2PS. The lowest BCUT2D eigenvalue weighted by Crippen LogP contribution is -1.94. The topological polar surface area (TPSA) is 26.3 Å². The van der Waals surface area contributed by atoms with E-state index in [1.165, 1.54) is 0 Å². The summed E-state index contributed by atoms with van der Waals surface area (Å²) in [6.07, 6.45) is 6.20. The second-order valence-corrected chi connectivity index (χ2v) is 5.90. The molecule has 0 saturated heterocycles. The van der Waals surface area contributed by atoms with Crippen LogP contribution in [0.2, 0.25) is 0 Å². The summed E-state index contributed by atoms with van der Waals surface area (Å²) in [5.41, 5.74) is 0.788. The van der Waals surface area contributed by atoms with Crippen molar-refractivity contribution in [3.8, 4) is 0 Å². The second kappa shape index (κ2) is 4.85. The lowest BCUT2D eigenvalue weighted by Gasteiger charge is -2.09. The van der Waals surface area contributed by atoms with Gasteiger partial charge in [0.05, 0.1) is 11.2 Å². The fourth-order valence-corrected chi connectivity index (χ4v) is 3.08. The molecule has 0 N–H and O–H groups in total. The van der Waals surface area contributed by atoms with Crippen LogP contribution in [0.25, 0.3) is 0 Å². The predicted octanol–water partition coefficient (Wildman–Crippen LogP) is 3.48. The van der Waals surface area contributed by atoms with Gasteiger partial charge in [0.1, 0.15) is 5.76 Å². The Morgan fingerprint density at radius 1 is 1.53 bits per heavy atom. The van der Waals surface area contributed by atoms with Crippen LogP contribution in [-0.2, 0) is 9.53 Å². The van der Waals surface area contributed by atoms with E-state index in [-0.39, 0.29) is 5.52 Å². The van der Waals surface area contributed by atoms with Gasteiger partial charge in [-0.25, -0.2) is 0 Å². The lowest BCUT2D eigenvalue weighted by atomic mass is 10.2. The van der Waals surface area contributed by atoms with Crippen LogP contribution in [0.4, 0.5) is 0 Å². The summed E-state index contributed by atoms with van der Waals surface area (Å²) in [7, 11) is 2.21. The highest BCUT2D eigenvalue weighted by atomic mass is 127. The molecule has 0 radical (unpaired) electrons. The van der Waals surface area contributed by atoms with Crippen LogP contribution < -0.4 is 0 Å². The maximum Gasteiger partial charge on any atom is 0.174 e. The Bertz CT molecular complexity index is 435. The van der Waals surface area contributed by atoms with Crippen molar-refractivity contribution in [3.05, 3.63) is 43.6 Å². The molecule has 2 rings (SSSR count). The van der Waals surface area contributed by atoms with E-state index >= 15 is 0 Å². The van der Waals surface area contributed by atoms with E-state index in [0.717, 1.165) is 19.8 Å². The molecule has 2 aliphatic rings. The third-order valence-electron chi connectivity index (χ3n) is 1.96. The first kappa shape index (κ1) is 11.4. The van der Waals surface area contributed by atoms with Crippen LogP contribution >= 0.6 is 43.6 Å². The molecular weight excluding hydrogens is 342 g/mol. The van der Waals surface area contributed by atoms with Crippen molar-refractivity contribution in [1.29, 1.82) is 0 Å². The van der Waals surface area contributed by atoms with Gasteiger partial charge in [-0.1, -0.05) is 21.0 Å². The normalized spacial score (nSPS) is 19.9. The van der Waals surface area contributed by atoms with Gasteiger partial charge in [0.2, 0.25) is 0 Å². The number of rotatable bonds is 1. The molecule has 1 aliphatic carbocycles. The molecule has 1 unspecified atom stereocenters. The molecule has 1 aliphatic heterocycles. The first-order valence-electron chi connectivity index (χ1n) is 4.26. The van der Waals surface area contributed by atoms with Crippen LogP contribution in [-0.4, -0.2) is 5.52 Å². The average Bonchev–Trinajstić information content (AvgIpc) is 2.35. The Morgan fingerprint density at radius 2 is 2.33 bits per heavy atom. The van der Waals surface area contributed by atoms with E-state index < -0.39 is 0 Å². The molecule has 1 atom stereocenters. The van der Waals surface area contributed by atoms with Crippen molar-refractivity contribution in [2.45, 2.75) is 6.42 Å². The van der Waals surface area contributed by atoms with Crippen LogP contribution in [0.1, 0.15) is 6.42 Å². The van der Waals surface area contributed by atoms with Crippen molar-refractivity contribution < 1.29 is 9.53 Å². The first-order chi connectivity index (χ1) is 7.16. The summed E-state index contributed by atoms with van der Waals surface area (Å²) in [6, 6.07) is 0. The highest BCUT2D eigenvalue weighted by Gasteiger charge is 2.16. The van der Waals surface area contributed by atoms with Gasteiger partial charge in [-0.15, -0.1) is 0 Å². The van der Waals surface area contributed by atoms with Gasteiger partial charge in [-0.05, 0) is 38.3 Å². The summed E-state index contributed by atoms with van der Waals surface area (Å²) in [5.74, 6) is 0.764. The molecule has 0 aromatic rings. The molecule has 5 heteroatoms. The Labute approximate surface area is 108 Å². The smallest absolute Gasteiger partial charge is 0.174 e. The molecule has 1 heterocycles. The largest absolute Gasteiger partial charge is 0.463 e. The maximum absolute atomic E-state index is 11.3. The molecule has 0 aromatic heterocycles. The number of allylic oxidation sites excluding steroid dienone is 4. The fourth-order valence-electron chi connectivity index (χ4n) is 1.27. The Balaban J connectivity index is 2.42. The number of carbonyl (C=O) groups is 1. The van der Waals surface area contributed by atoms with Crippen LogP contribution in [0.5, 0.6) is 0 Å². The van der Waals surface area contributed by atoms with E-state index in [1.54, 1.807) is 18.0 Å². The summed E-state index contributed by atoms with van der Waals surface area (Å²) in [6.45, 7) is 0. The highest BCUT2D eigenvalue weighted by molar-refractivity contribution is 14.1. The monoisotopic (exact) mass is 350 g/mol. The quantitative estimate of drug-likeness (QED) is 0.535. The van der Waals surface area contributed by atoms with Gasteiger partial charge in [0, 0.05) is 17.4 Å². The first-order valence-corrected chi connectivity index (χ1v) is 6.79. The van der Waals surface area contributed by atoms with E-state index in [9.17, 15) is 4.79 Å². The molecule has 2 nitrogen and oxygen atoms in total. The maximum atomic E-state index is 11.3. The summed E-state index contributed by atoms with van der Waals surface area (Å²) < 4.78 is 6.53. The summed E-state index contributed by atoms with van der Waals surface area (Å²) in [4.78, 5) is 12.4. The zero-order valence-corrected chi connectivity index (χ0v) is 11.8. The molecule has 0 aromatic carbocycles.